The quantitative estimate of drug-likeness (QED) is 0.908. The number of rotatable bonds is 2. The van der Waals surface area contributed by atoms with Crippen molar-refractivity contribution in [3.8, 4) is 0 Å². The molecule has 1 fully saturated rings. The standard InChI is InChI=1S/C16H24N2O3/c1-11-9-12(10-14(19)17-11)15(20)18-7-5-13(6-8-18)21-16(2,3)4/h9-10,13H,5-8H2,1-4H3,(H,17,19). The summed E-state index contributed by atoms with van der Waals surface area (Å²) in [6, 6.07) is 3.09. The number of nitrogens with zero attached hydrogens (tertiary/aromatic N) is 1. The molecule has 0 saturated carbocycles. The summed E-state index contributed by atoms with van der Waals surface area (Å²) in [6.45, 7) is 9.26. The van der Waals surface area contributed by atoms with Crippen molar-refractivity contribution in [3.05, 3.63) is 33.7 Å². The van der Waals surface area contributed by atoms with Crippen molar-refractivity contribution in [2.24, 2.45) is 0 Å². The van der Waals surface area contributed by atoms with E-state index in [1.807, 2.05) is 20.8 Å². The first kappa shape index (κ1) is 15.8. The summed E-state index contributed by atoms with van der Waals surface area (Å²) in [4.78, 5) is 28.3. The van der Waals surface area contributed by atoms with E-state index in [1.165, 1.54) is 6.07 Å². The van der Waals surface area contributed by atoms with Gasteiger partial charge in [-0.1, -0.05) is 0 Å². The summed E-state index contributed by atoms with van der Waals surface area (Å²) in [5, 5.41) is 0. The zero-order chi connectivity index (χ0) is 15.6. The second kappa shape index (κ2) is 6.02. The van der Waals surface area contributed by atoms with Crippen LogP contribution in [0.2, 0.25) is 0 Å². The van der Waals surface area contributed by atoms with Crippen LogP contribution in [0.15, 0.2) is 16.9 Å². The fourth-order valence-electron chi connectivity index (χ4n) is 2.67. The smallest absolute Gasteiger partial charge is 0.254 e. The lowest BCUT2D eigenvalue weighted by Gasteiger charge is -2.35. The molecule has 116 valence electrons. The van der Waals surface area contributed by atoms with E-state index in [1.54, 1.807) is 17.9 Å². The lowest BCUT2D eigenvalue weighted by atomic mass is 10.0. The van der Waals surface area contributed by atoms with Gasteiger partial charge in [-0.25, -0.2) is 0 Å². The fraction of sp³-hybridized carbons (Fsp3) is 0.625. The number of aromatic nitrogens is 1. The van der Waals surface area contributed by atoms with Crippen molar-refractivity contribution in [2.45, 2.75) is 52.2 Å². The van der Waals surface area contributed by atoms with Gasteiger partial charge < -0.3 is 14.6 Å². The number of pyridine rings is 1. The van der Waals surface area contributed by atoms with E-state index in [-0.39, 0.29) is 23.2 Å². The van der Waals surface area contributed by atoms with Gasteiger partial charge in [0.15, 0.2) is 0 Å². The third kappa shape index (κ3) is 4.43. The third-order valence-electron chi connectivity index (χ3n) is 3.48. The minimum Gasteiger partial charge on any atom is -0.372 e. The lowest BCUT2D eigenvalue weighted by molar-refractivity contribution is -0.0791. The largest absolute Gasteiger partial charge is 0.372 e. The minimum absolute atomic E-state index is 0.0709. The molecule has 0 atom stereocenters. The number of likely N-dealkylation sites (tertiary alicyclic amines) is 1. The molecule has 1 aliphatic rings. The van der Waals surface area contributed by atoms with Crippen LogP contribution in [0, 0.1) is 6.92 Å². The Kier molecular flexibility index (Phi) is 4.52. The average molecular weight is 292 g/mol. The van der Waals surface area contributed by atoms with Crippen molar-refractivity contribution in [1.29, 1.82) is 0 Å². The highest BCUT2D eigenvalue weighted by Gasteiger charge is 2.27. The van der Waals surface area contributed by atoms with Gasteiger partial charge >= 0.3 is 0 Å². The first-order valence-electron chi connectivity index (χ1n) is 7.43. The van der Waals surface area contributed by atoms with Crippen LogP contribution < -0.4 is 5.56 Å². The number of carbonyl (C=O) groups is 1. The summed E-state index contributed by atoms with van der Waals surface area (Å²) in [6.07, 6.45) is 1.88. The molecule has 1 aromatic rings. The predicted molar refractivity (Wildman–Crippen MR) is 81.6 cm³/mol. The number of hydrogen-bond donors (Lipinski definition) is 1. The Balaban J connectivity index is 1.98. The Morgan fingerprint density at radius 2 is 1.90 bits per heavy atom. The molecule has 5 nitrogen and oxygen atoms in total. The first-order chi connectivity index (χ1) is 9.74. The first-order valence-corrected chi connectivity index (χ1v) is 7.43. The van der Waals surface area contributed by atoms with Gasteiger partial charge in [0.25, 0.3) is 5.91 Å². The van der Waals surface area contributed by atoms with E-state index < -0.39 is 0 Å². The molecule has 21 heavy (non-hydrogen) atoms. The number of hydrogen-bond acceptors (Lipinski definition) is 3. The van der Waals surface area contributed by atoms with E-state index in [0.29, 0.717) is 24.3 Å². The van der Waals surface area contributed by atoms with Crippen LogP contribution in [-0.4, -0.2) is 40.6 Å². The monoisotopic (exact) mass is 292 g/mol. The Hall–Kier alpha value is -1.62. The van der Waals surface area contributed by atoms with Crippen LogP contribution in [0.1, 0.15) is 49.7 Å². The van der Waals surface area contributed by atoms with E-state index in [2.05, 4.69) is 4.98 Å². The molecule has 0 aliphatic carbocycles. The van der Waals surface area contributed by atoms with Crippen molar-refractivity contribution in [2.75, 3.05) is 13.1 Å². The van der Waals surface area contributed by atoms with Crippen molar-refractivity contribution < 1.29 is 9.53 Å². The number of ether oxygens (including phenoxy) is 1. The lowest BCUT2D eigenvalue weighted by Crippen LogP contribution is -2.43. The molecule has 2 rings (SSSR count). The van der Waals surface area contributed by atoms with Crippen LogP contribution in [0.5, 0.6) is 0 Å². The summed E-state index contributed by atoms with van der Waals surface area (Å²) in [5.41, 5.74) is 0.785. The van der Waals surface area contributed by atoms with Crippen molar-refractivity contribution in [3.63, 3.8) is 0 Å². The molecule has 5 heteroatoms. The van der Waals surface area contributed by atoms with E-state index in [0.717, 1.165) is 12.8 Å². The molecule has 0 aromatic carbocycles. The van der Waals surface area contributed by atoms with Gasteiger partial charge in [0.1, 0.15) is 0 Å². The predicted octanol–water partition coefficient (Wildman–Crippen LogP) is 2.10. The maximum absolute atomic E-state index is 12.4. The maximum Gasteiger partial charge on any atom is 0.254 e. The second-order valence-electron chi connectivity index (χ2n) is 6.64. The highest BCUT2D eigenvalue weighted by Crippen LogP contribution is 2.21. The highest BCUT2D eigenvalue weighted by molar-refractivity contribution is 5.94. The molecule has 1 amide bonds. The maximum atomic E-state index is 12.4. The number of piperidine rings is 1. The molecule has 1 aliphatic heterocycles. The second-order valence-corrected chi connectivity index (χ2v) is 6.64. The van der Waals surface area contributed by atoms with Gasteiger partial charge in [0.05, 0.1) is 11.7 Å². The fourth-order valence-corrected chi connectivity index (χ4v) is 2.67. The molecule has 1 N–H and O–H groups in total. The number of carbonyl (C=O) groups excluding carboxylic acids is 1. The van der Waals surface area contributed by atoms with Crippen LogP contribution in [0.4, 0.5) is 0 Å². The van der Waals surface area contributed by atoms with Gasteiger partial charge in [-0.05, 0) is 46.6 Å². The molecule has 0 unspecified atom stereocenters. The number of amides is 1. The molecule has 2 heterocycles. The van der Waals surface area contributed by atoms with E-state index >= 15 is 0 Å². The summed E-state index contributed by atoms with van der Waals surface area (Å²) in [5.74, 6) is -0.0709. The normalized spacial score (nSPS) is 17.0. The Morgan fingerprint density at radius 3 is 2.43 bits per heavy atom. The molecule has 1 saturated heterocycles. The molecule has 0 spiro atoms. The number of aromatic amines is 1. The van der Waals surface area contributed by atoms with Crippen molar-refractivity contribution in [1.82, 2.24) is 9.88 Å². The summed E-state index contributed by atoms with van der Waals surface area (Å²) < 4.78 is 5.96. The molecular formula is C16H24N2O3. The van der Waals surface area contributed by atoms with Crippen LogP contribution >= 0.6 is 0 Å². The topological polar surface area (TPSA) is 62.4 Å². The van der Waals surface area contributed by atoms with Crippen LogP contribution in [-0.2, 0) is 4.74 Å². The van der Waals surface area contributed by atoms with Gasteiger partial charge in [0, 0.05) is 30.4 Å². The van der Waals surface area contributed by atoms with Gasteiger partial charge in [-0.3, -0.25) is 9.59 Å². The Bertz CT molecular complexity index is 564. The Morgan fingerprint density at radius 1 is 1.29 bits per heavy atom. The SMILES string of the molecule is Cc1cc(C(=O)N2CCC(OC(C)(C)C)CC2)cc(=O)[nH]1. The highest BCUT2D eigenvalue weighted by atomic mass is 16.5. The van der Waals surface area contributed by atoms with Crippen LogP contribution in [0.25, 0.3) is 0 Å². The molecular weight excluding hydrogens is 268 g/mol. The number of H-pyrrole nitrogens is 1. The summed E-state index contributed by atoms with van der Waals surface area (Å²) in [7, 11) is 0. The zero-order valence-electron chi connectivity index (χ0n) is 13.2. The van der Waals surface area contributed by atoms with E-state index in [4.69, 9.17) is 4.74 Å². The van der Waals surface area contributed by atoms with Gasteiger partial charge in [-0.15, -0.1) is 0 Å². The van der Waals surface area contributed by atoms with Crippen LogP contribution in [0.3, 0.4) is 0 Å². The van der Waals surface area contributed by atoms with Gasteiger partial charge in [-0.2, -0.15) is 0 Å². The minimum atomic E-state index is -0.232. The van der Waals surface area contributed by atoms with E-state index in [9.17, 15) is 9.59 Å². The zero-order valence-corrected chi connectivity index (χ0v) is 13.2. The summed E-state index contributed by atoms with van der Waals surface area (Å²) >= 11 is 0. The average Bonchev–Trinajstić information content (AvgIpc) is 2.35. The van der Waals surface area contributed by atoms with Crippen molar-refractivity contribution >= 4 is 5.91 Å². The molecule has 0 bridgehead atoms. The van der Waals surface area contributed by atoms with Gasteiger partial charge in [0.2, 0.25) is 5.56 Å². The molecule has 1 aromatic heterocycles. The molecule has 0 radical (unpaired) electrons. The number of nitrogens with one attached hydrogen (secondary N) is 1. The Labute approximate surface area is 125 Å². The number of aryl methyl sites for hydroxylation is 1. The third-order valence-corrected chi connectivity index (χ3v) is 3.48.